The number of amides is 1. The van der Waals surface area contributed by atoms with Gasteiger partial charge in [0.1, 0.15) is 6.04 Å². The van der Waals surface area contributed by atoms with Crippen molar-refractivity contribution in [3.05, 3.63) is 34.4 Å². The minimum Gasteiger partial charge on any atom is -0.383 e. The number of nitrogens with zero attached hydrogens (tertiary/aromatic N) is 3. The van der Waals surface area contributed by atoms with Crippen molar-refractivity contribution in [3.8, 4) is 0 Å². The lowest BCUT2D eigenvalue weighted by molar-refractivity contribution is -0.384. The summed E-state index contributed by atoms with van der Waals surface area (Å²) in [5.74, 6) is -0.283. The van der Waals surface area contributed by atoms with Crippen LogP contribution in [0.2, 0.25) is 0 Å². The van der Waals surface area contributed by atoms with Gasteiger partial charge in [-0.25, -0.2) is 8.42 Å². The highest BCUT2D eigenvalue weighted by Gasteiger charge is 2.31. The number of nitrogens with two attached hydrogens (primary N) is 1. The van der Waals surface area contributed by atoms with E-state index in [0.717, 1.165) is 12.1 Å². The fraction of sp³-hybridized carbons (Fsp3) is 0.500. The number of ether oxygens (including phenoxy) is 1. The molecule has 1 unspecified atom stereocenters. The van der Waals surface area contributed by atoms with Gasteiger partial charge in [0.15, 0.2) is 0 Å². The van der Waals surface area contributed by atoms with Crippen LogP contribution in [-0.4, -0.2) is 74.4 Å². The van der Waals surface area contributed by atoms with Gasteiger partial charge in [-0.15, -0.1) is 0 Å². The van der Waals surface area contributed by atoms with E-state index >= 15 is 0 Å². The standard InChI is InChI=1S/C14H20N4O6S/c1-24-10-13(15)14(19)16-6-8-17(9-7-16)25(22,23)12-4-2-11(3-5-12)18(20)21/h2-5,13H,6-10,15H2,1H3. The summed E-state index contributed by atoms with van der Waals surface area (Å²) in [6.45, 7) is 0.806. The summed E-state index contributed by atoms with van der Waals surface area (Å²) in [6, 6.07) is 3.94. The highest BCUT2D eigenvalue weighted by Crippen LogP contribution is 2.20. The monoisotopic (exact) mass is 372 g/mol. The third-order valence-electron chi connectivity index (χ3n) is 3.90. The van der Waals surface area contributed by atoms with Crippen molar-refractivity contribution in [1.29, 1.82) is 0 Å². The van der Waals surface area contributed by atoms with E-state index in [1.807, 2.05) is 0 Å². The van der Waals surface area contributed by atoms with Crippen LogP contribution in [0.1, 0.15) is 0 Å². The van der Waals surface area contributed by atoms with Gasteiger partial charge in [0, 0.05) is 45.4 Å². The van der Waals surface area contributed by atoms with E-state index in [-0.39, 0.29) is 49.3 Å². The molecule has 0 aliphatic carbocycles. The van der Waals surface area contributed by atoms with Gasteiger partial charge in [0.25, 0.3) is 5.69 Å². The summed E-state index contributed by atoms with van der Waals surface area (Å²) >= 11 is 0. The number of rotatable bonds is 6. The molecule has 0 radical (unpaired) electrons. The Morgan fingerprint density at radius 1 is 1.28 bits per heavy atom. The van der Waals surface area contributed by atoms with Crippen LogP contribution in [0, 0.1) is 10.1 Å². The molecule has 1 aromatic rings. The van der Waals surface area contributed by atoms with E-state index in [4.69, 9.17) is 10.5 Å². The number of piperazine rings is 1. The number of nitro groups is 1. The number of sulfonamides is 1. The molecule has 1 heterocycles. The number of hydrogen-bond donors (Lipinski definition) is 1. The number of nitro benzene ring substituents is 1. The normalized spacial score (nSPS) is 17.3. The molecule has 1 fully saturated rings. The Bertz CT molecular complexity index is 728. The van der Waals surface area contributed by atoms with E-state index < -0.39 is 21.0 Å². The van der Waals surface area contributed by atoms with Crippen LogP contribution in [-0.2, 0) is 19.6 Å². The van der Waals surface area contributed by atoms with Crippen molar-refractivity contribution in [2.75, 3.05) is 39.9 Å². The topological polar surface area (TPSA) is 136 Å². The SMILES string of the molecule is COCC(N)C(=O)N1CCN(S(=O)(=O)c2ccc([N+](=O)[O-])cc2)CC1. The van der Waals surface area contributed by atoms with E-state index in [2.05, 4.69) is 0 Å². The highest BCUT2D eigenvalue weighted by molar-refractivity contribution is 7.89. The lowest BCUT2D eigenvalue weighted by Crippen LogP contribution is -2.55. The van der Waals surface area contributed by atoms with E-state index in [9.17, 15) is 23.3 Å². The molecule has 10 nitrogen and oxygen atoms in total. The zero-order valence-corrected chi connectivity index (χ0v) is 14.5. The van der Waals surface area contributed by atoms with Gasteiger partial charge < -0.3 is 15.4 Å². The molecule has 2 rings (SSSR count). The maximum atomic E-state index is 12.6. The minimum absolute atomic E-state index is 0.0195. The summed E-state index contributed by atoms with van der Waals surface area (Å²) in [4.78, 5) is 23.7. The first-order valence-corrected chi connectivity index (χ1v) is 8.99. The fourth-order valence-corrected chi connectivity index (χ4v) is 3.95. The third-order valence-corrected chi connectivity index (χ3v) is 5.81. The van der Waals surface area contributed by atoms with E-state index in [0.29, 0.717) is 0 Å². The second kappa shape index (κ2) is 7.87. The first kappa shape index (κ1) is 19.2. The maximum absolute atomic E-state index is 12.6. The molecular weight excluding hydrogens is 352 g/mol. The molecule has 1 atom stereocenters. The van der Waals surface area contributed by atoms with Gasteiger partial charge in [0.2, 0.25) is 15.9 Å². The van der Waals surface area contributed by atoms with E-state index in [1.165, 1.54) is 28.4 Å². The number of benzene rings is 1. The number of non-ortho nitro benzene ring substituents is 1. The van der Waals surface area contributed by atoms with Crippen LogP contribution >= 0.6 is 0 Å². The molecule has 25 heavy (non-hydrogen) atoms. The lowest BCUT2D eigenvalue weighted by Gasteiger charge is -2.35. The zero-order valence-electron chi connectivity index (χ0n) is 13.7. The summed E-state index contributed by atoms with van der Waals surface area (Å²) in [5, 5.41) is 10.7. The first-order valence-electron chi connectivity index (χ1n) is 7.55. The molecule has 1 saturated heterocycles. The number of carbonyl (C=O) groups is 1. The predicted octanol–water partition coefficient (Wildman–Crippen LogP) is -0.599. The summed E-state index contributed by atoms with van der Waals surface area (Å²) < 4.78 is 31.3. The first-order chi connectivity index (χ1) is 11.8. The number of methoxy groups -OCH3 is 1. The Balaban J connectivity index is 2.03. The zero-order chi connectivity index (χ0) is 18.6. The molecular formula is C14H20N4O6S. The van der Waals surface area contributed by atoms with Crippen LogP contribution in [0.3, 0.4) is 0 Å². The third kappa shape index (κ3) is 4.31. The molecule has 1 aliphatic heterocycles. The molecule has 2 N–H and O–H groups in total. The van der Waals surface area contributed by atoms with Crippen LogP contribution in [0.15, 0.2) is 29.2 Å². The molecule has 11 heteroatoms. The Morgan fingerprint density at radius 2 is 1.84 bits per heavy atom. The Labute approximate surface area is 145 Å². The van der Waals surface area contributed by atoms with Gasteiger partial charge in [-0.2, -0.15) is 4.31 Å². The minimum atomic E-state index is -3.77. The lowest BCUT2D eigenvalue weighted by atomic mass is 10.2. The molecule has 1 amide bonds. The Hall–Kier alpha value is -2.08. The van der Waals surface area contributed by atoms with Gasteiger partial charge in [-0.3, -0.25) is 14.9 Å². The molecule has 0 saturated carbocycles. The summed E-state index contributed by atoms with van der Waals surface area (Å²) in [7, 11) is -2.32. The van der Waals surface area contributed by atoms with Gasteiger partial charge in [0.05, 0.1) is 16.4 Å². The van der Waals surface area contributed by atoms with Crippen molar-refractivity contribution >= 4 is 21.6 Å². The van der Waals surface area contributed by atoms with Crippen molar-refractivity contribution in [2.24, 2.45) is 5.73 Å². The quantitative estimate of drug-likeness (QED) is 0.520. The predicted molar refractivity (Wildman–Crippen MR) is 88.3 cm³/mol. The molecule has 138 valence electrons. The van der Waals surface area contributed by atoms with Crippen molar-refractivity contribution < 1.29 is 22.9 Å². The van der Waals surface area contributed by atoms with Crippen LogP contribution in [0.5, 0.6) is 0 Å². The number of carbonyl (C=O) groups excluding carboxylic acids is 1. The van der Waals surface area contributed by atoms with Crippen LogP contribution in [0.25, 0.3) is 0 Å². The van der Waals surface area contributed by atoms with Gasteiger partial charge in [-0.05, 0) is 12.1 Å². The summed E-state index contributed by atoms with van der Waals surface area (Å²) in [6.07, 6.45) is 0. The van der Waals surface area contributed by atoms with Crippen LogP contribution < -0.4 is 5.73 Å². The number of hydrogen-bond acceptors (Lipinski definition) is 7. The second-order valence-corrected chi connectivity index (χ2v) is 7.48. The van der Waals surface area contributed by atoms with Crippen LogP contribution in [0.4, 0.5) is 5.69 Å². The Kier molecular flexibility index (Phi) is 6.06. The van der Waals surface area contributed by atoms with E-state index in [1.54, 1.807) is 0 Å². The smallest absolute Gasteiger partial charge is 0.269 e. The highest BCUT2D eigenvalue weighted by atomic mass is 32.2. The largest absolute Gasteiger partial charge is 0.383 e. The van der Waals surface area contributed by atoms with Crippen molar-refractivity contribution in [1.82, 2.24) is 9.21 Å². The average molecular weight is 372 g/mol. The molecule has 0 spiro atoms. The van der Waals surface area contributed by atoms with Crippen molar-refractivity contribution in [3.63, 3.8) is 0 Å². The van der Waals surface area contributed by atoms with Crippen molar-refractivity contribution in [2.45, 2.75) is 10.9 Å². The molecule has 1 aromatic carbocycles. The average Bonchev–Trinajstić information content (AvgIpc) is 2.61. The molecule has 0 aromatic heterocycles. The second-order valence-electron chi connectivity index (χ2n) is 5.54. The fourth-order valence-electron chi connectivity index (χ4n) is 2.52. The molecule has 1 aliphatic rings. The molecule has 0 bridgehead atoms. The van der Waals surface area contributed by atoms with Gasteiger partial charge in [-0.1, -0.05) is 0 Å². The van der Waals surface area contributed by atoms with Gasteiger partial charge >= 0.3 is 0 Å². The summed E-state index contributed by atoms with van der Waals surface area (Å²) in [5.41, 5.74) is 5.53. The Morgan fingerprint density at radius 3 is 2.32 bits per heavy atom. The maximum Gasteiger partial charge on any atom is 0.269 e.